The number of hydrogen-bond donors (Lipinski definition) is 1. The molecule has 0 bridgehead atoms. The van der Waals surface area contributed by atoms with Crippen LogP contribution in [0.4, 0.5) is 5.82 Å². The van der Waals surface area contributed by atoms with Crippen LogP contribution in [0.1, 0.15) is 26.7 Å². The summed E-state index contributed by atoms with van der Waals surface area (Å²) in [6.45, 7) is 5.77. The Hall–Kier alpha value is -0.870. The van der Waals surface area contributed by atoms with Gasteiger partial charge in [0.05, 0.1) is 6.10 Å². The lowest BCUT2D eigenvalue weighted by atomic mass is 10.3. The van der Waals surface area contributed by atoms with Gasteiger partial charge >= 0.3 is 0 Å². The normalized spacial score (nSPS) is 10.8. The Bertz CT molecular complexity index is 290. The van der Waals surface area contributed by atoms with Gasteiger partial charge in [0.25, 0.3) is 0 Å². The van der Waals surface area contributed by atoms with Crippen LogP contribution in [-0.4, -0.2) is 29.5 Å². The lowest BCUT2D eigenvalue weighted by Crippen LogP contribution is -2.07. The third kappa shape index (κ3) is 5.88. The van der Waals surface area contributed by atoms with E-state index in [9.17, 15) is 0 Å². The highest BCUT2D eigenvalue weighted by molar-refractivity contribution is 6.29. The standard InChI is InChI=1S/C11H18ClN3O/c1-9(2)16-8-4-3-7-13-11-6-5-10(12)14-15-11/h5-6,9H,3-4,7-8H2,1-2H3,(H,13,15). The third-order valence-corrected chi connectivity index (χ3v) is 2.16. The molecular weight excluding hydrogens is 226 g/mol. The molecule has 1 rings (SSSR count). The van der Waals surface area contributed by atoms with E-state index >= 15 is 0 Å². The number of hydrogen-bond acceptors (Lipinski definition) is 4. The average molecular weight is 244 g/mol. The molecule has 0 aromatic carbocycles. The van der Waals surface area contributed by atoms with Crippen molar-refractivity contribution in [3.8, 4) is 0 Å². The summed E-state index contributed by atoms with van der Waals surface area (Å²) in [5.74, 6) is 0.758. The quantitative estimate of drug-likeness (QED) is 0.748. The van der Waals surface area contributed by atoms with Crippen molar-refractivity contribution in [3.63, 3.8) is 0 Å². The van der Waals surface area contributed by atoms with Crippen molar-refractivity contribution in [2.75, 3.05) is 18.5 Å². The first kappa shape index (κ1) is 13.2. The number of anilines is 1. The van der Waals surface area contributed by atoms with E-state index in [2.05, 4.69) is 15.5 Å². The highest BCUT2D eigenvalue weighted by Gasteiger charge is 1.96. The zero-order valence-electron chi connectivity index (χ0n) is 9.74. The zero-order chi connectivity index (χ0) is 11.8. The first-order valence-corrected chi connectivity index (χ1v) is 5.91. The zero-order valence-corrected chi connectivity index (χ0v) is 10.5. The van der Waals surface area contributed by atoms with Crippen molar-refractivity contribution in [3.05, 3.63) is 17.3 Å². The van der Waals surface area contributed by atoms with Crippen molar-refractivity contribution >= 4 is 17.4 Å². The van der Waals surface area contributed by atoms with Gasteiger partial charge < -0.3 is 10.1 Å². The minimum absolute atomic E-state index is 0.315. The minimum Gasteiger partial charge on any atom is -0.379 e. The van der Waals surface area contributed by atoms with Gasteiger partial charge in [0, 0.05) is 13.2 Å². The maximum atomic E-state index is 5.63. The van der Waals surface area contributed by atoms with Gasteiger partial charge in [-0.25, -0.2) is 0 Å². The Morgan fingerprint density at radius 3 is 2.75 bits per heavy atom. The lowest BCUT2D eigenvalue weighted by Gasteiger charge is -2.07. The second-order valence-corrected chi connectivity index (χ2v) is 4.18. The number of rotatable bonds is 7. The molecule has 90 valence electrons. The van der Waals surface area contributed by atoms with Gasteiger partial charge in [-0.15, -0.1) is 10.2 Å². The van der Waals surface area contributed by atoms with E-state index in [4.69, 9.17) is 16.3 Å². The number of nitrogens with one attached hydrogen (secondary N) is 1. The van der Waals surface area contributed by atoms with Gasteiger partial charge in [0.2, 0.25) is 0 Å². The fourth-order valence-electron chi connectivity index (χ4n) is 1.17. The Morgan fingerprint density at radius 1 is 1.31 bits per heavy atom. The van der Waals surface area contributed by atoms with Crippen LogP contribution in [0.2, 0.25) is 5.15 Å². The molecule has 0 aliphatic rings. The van der Waals surface area contributed by atoms with Crippen LogP contribution in [0.15, 0.2) is 12.1 Å². The van der Waals surface area contributed by atoms with Crippen LogP contribution in [0.5, 0.6) is 0 Å². The number of unbranched alkanes of at least 4 members (excludes halogenated alkanes) is 1. The summed E-state index contributed by atoms with van der Waals surface area (Å²) in [5.41, 5.74) is 0. The molecule has 5 heteroatoms. The molecule has 0 unspecified atom stereocenters. The van der Waals surface area contributed by atoms with Crippen molar-refractivity contribution in [2.45, 2.75) is 32.8 Å². The van der Waals surface area contributed by atoms with Gasteiger partial charge in [-0.3, -0.25) is 0 Å². The summed E-state index contributed by atoms with van der Waals surface area (Å²) in [6, 6.07) is 3.54. The van der Waals surface area contributed by atoms with Gasteiger partial charge in [0.1, 0.15) is 5.82 Å². The summed E-state index contributed by atoms with van der Waals surface area (Å²) in [4.78, 5) is 0. The smallest absolute Gasteiger partial charge is 0.151 e. The van der Waals surface area contributed by atoms with Crippen LogP contribution in [0.3, 0.4) is 0 Å². The van der Waals surface area contributed by atoms with Gasteiger partial charge in [-0.1, -0.05) is 11.6 Å². The summed E-state index contributed by atoms with van der Waals surface area (Å²) in [5, 5.41) is 11.2. The second-order valence-electron chi connectivity index (χ2n) is 3.79. The Morgan fingerprint density at radius 2 is 2.12 bits per heavy atom. The summed E-state index contributed by atoms with van der Waals surface area (Å²) >= 11 is 5.63. The Balaban J connectivity index is 2.05. The maximum Gasteiger partial charge on any atom is 0.151 e. The van der Waals surface area contributed by atoms with Crippen LogP contribution >= 0.6 is 11.6 Å². The van der Waals surface area contributed by atoms with E-state index in [0.29, 0.717) is 11.3 Å². The third-order valence-electron chi connectivity index (χ3n) is 1.96. The number of nitrogens with zero attached hydrogens (tertiary/aromatic N) is 2. The fourth-order valence-corrected chi connectivity index (χ4v) is 1.27. The molecule has 0 radical (unpaired) electrons. The summed E-state index contributed by atoms with van der Waals surface area (Å²) in [7, 11) is 0. The predicted molar refractivity (Wildman–Crippen MR) is 65.9 cm³/mol. The lowest BCUT2D eigenvalue weighted by molar-refractivity contribution is 0.0765. The van der Waals surface area contributed by atoms with E-state index in [0.717, 1.165) is 31.8 Å². The van der Waals surface area contributed by atoms with Gasteiger partial charge in [-0.05, 0) is 38.8 Å². The number of halogens is 1. The molecule has 4 nitrogen and oxygen atoms in total. The monoisotopic (exact) mass is 243 g/mol. The maximum absolute atomic E-state index is 5.63. The highest BCUT2D eigenvalue weighted by atomic mass is 35.5. The first-order valence-electron chi connectivity index (χ1n) is 5.53. The molecule has 1 aromatic rings. The molecule has 0 aliphatic carbocycles. The molecule has 0 spiro atoms. The van der Waals surface area contributed by atoms with Crippen molar-refractivity contribution in [1.29, 1.82) is 0 Å². The summed E-state index contributed by atoms with van der Waals surface area (Å²) < 4.78 is 5.44. The van der Waals surface area contributed by atoms with E-state index in [1.807, 2.05) is 19.9 Å². The average Bonchev–Trinajstić information content (AvgIpc) is 2.25. The molecule has 0 amide bonds. The SMILES string of the molecule is CC(C)OCCCCNc1ccc(Cl)nn1. The Labute approximate surface area is 101 Å². The van der Waals surface area contributed by atoms with Crippen molar-refractivity contribution < 1.29 is 4.74 Å². The number of aromatic nitrogens is 2. The molecule has 0 fully saturated rings. The molecular formula is C11H18ClN3O. The molecule has 1 heterocycles. The molecule has 0 aliphatic heterocycles. The van der Waals surface area contributed by atoms with Crippen molar-refractivity contribution in [1.82, 2.24) is 10.2 Å². The largest absolute Gasteiger partial charge is 0.379 e. The van der Waals surface area contributed by atoms with Gasteiger partial charge in [-0.2, -0.15) is 0 Å². The predicted octanol–water partition coefficient (Wildman–Crippen LogP) is 2.75. The van der Waals surface area contributed by atoms with Crippen LogP contribution in [0.25, 0.3) is 0 Å². The van der Waals surface area contributed by atoms with Gasteiger partial charge in [0.15, 0.2) is 5.15 Å². The highest BCUT2D eigenvalue weighted by Crippen LogP contribution is 2.06. The second kappa shape index (κ2) is 7.41. The topological polar surface area (TPSA) is 47.0 Å². The Kier molecular flexibility index (Phi) is 6.11. The van der Waals surface area contributed by atoms with E-state index < -0.39 is 0 Å². The molecule has 16 heavy (non-hydrogen) atoms. The molecule has 1 N–H and O–H groups in total. The van der Waals surface area contributed by atoms with Crippen LogP contribution in [-0.2, 0) is 4.74 Å². The summed E-state index contributed by atoms with van der Waals surface area (Å²) in [6.07, 6.45) is 2.42. The molecule has 0 atom stereocenters. The van der Waals surface area contributed by atoms with Crippen molar-refractivity contribution in [2.24, 2.45) is 0 Å². The molecule has 0 saturated heterocycles. The minimum atomic E-state index is 0.315. The molecule has 1 aromatic heterocycles. The first-order chi connectivity index (χ1) is 7.68. The molecule has 0 saturated carbocycles. The van der Waals surface area contributed by atoms with Crippen LogP contribution in [0, 0.1) is 0 Å². The van der Waals surface area contributed by atoms with E-state index in [-0.39, 0.29) is 0 Å². The van der Waals surface area contributed by atoms with E-state index in [1.165, 1.54) is 0 Å². The number of ether oxygens (including phenoxy) is 1. The van der Waals surface area contributed by atoms with Crippen LogP contribution < -0.4 is 5.32 Å². The van der Waals surface area contributed by atoms with E-state index in [1.54, 1.807) is 6.07 Å². The fraction of sp³-hybridized carbons (Fsp3) is 0.636.